The highest BCUT2D eigenvalue weighted by atomic mass is 33.1. The molecule has 3 rings (SSSR count). The molecule has 0 aliphatic heterocycles. The molecule has 0 unspecified atom stereocenters. The van der Waals surface area contributed by atoms with Crippen molar-refractivity contribution in [3.8, 4) is 11.1 Å². The van der Waals surface area contributed by atoms with Crippen LogP contribution in [0.25, 0.3) is 11.1 Å². The first-order valence-corrected chi connectivity index (χ1v) is 11.8. The molecule has 0 radical (unpaired) electrons. The summed E-state index contributed by atoms with van der Waals surface area (Å²) in [7, 11) is 3.43. The van der Waals surface area contributed by atoms with E-state index < -0.39 is 0 Å². The van der Waals surface area contributed by atoms with Crippen molar-refractivity contribution in [1.82, 2.24) is 5.32 Å². The summed E-state index contributed by atoms with van der Waals surface area (Å²) in [5.74, 6) is 1.87. The number of rotatable bonds is 8. The average Bonchev–Trinajstić information content (AvgIpc) is 3.04. The van der Waals surface area contributed by atoms with Crippen molar-refractivity contribution < 1.29 is 9.53 Å². The maximum absolute atomic E-state index is 11.9. The quantitative estimate of drug-likeness (QED) is 0.484. The minimum absolute atomic E-state index is 0.104. The fourth-order valence-electron chi connectivity index (χ4n) is 3.01. The third kappa shape index (κ3) is 5.92. The standard InChI is InChI=1S/C19H22N2O2S2.C2H6/c20-9-11-24-25-12-10-21-19(22)23-13-18-16-7-3-1-5-14(16)15-6-2-4-8-17(15)18;1-2/h1-8,18H,9-13,20H2,(H,21,22);1-2H3. The van der Waals surface area contributed by atoms with E-state index in [2.05, 4.69) is 29.6 Å². The Balaban J connectivity index is 0.00000126. The molecule has 0 saturated heterocycles. The van der Waals surface area contributed by atoms with Crippen LogP contribution in [-0.4, -0.2) is 37.3 Å². The van der Waals surface area contributed by atoms with E-state index in [-0.39, 0.29) is 12.0 Å². The summed E-state index contributed by atoms with van der Waals surface area (Å²) in [4.78, 5) is 11.9. The zero-order chi connectivity index (χ0) is 19.5. The monoisotopic (exact) mass is 404 g/mol. The summed E-state index contributed by atoms with van der Waals surface area (Å²) in [5, 5.41) is 2.80. The van der Waals surface area contributed by atoms with Gasteiger partial charge in [-0.1, -0.05) is 84.0 Å². The average molecular weight is 405 g/mol. The second-order valence-corrected chi connectivity index (χ2v) is 8.39. The number of carbonyl (C=O) groups is 1. The van der Waals surface area contributed by atoms with Crippen LogP contribution in [0.2, 0.25) is 0 Å². The molecule has 0 saturated carbocycles. The number of hydrogen-bond acceptors (Lipinski definition) is 5. The molecule has 4 nitrogen and oxygen atoms in total. The summed E-state index contributed by atoms with van der Waals surface area (Å²) < 4.78 is 5.48. The zero-order valence-electron chi connectivity index (χ0n) is 15.9. The minimum Gasteiger partial charge on any atom is -0.449 e. The summed E-state index contributed by atoms with van der Waals surface area (Å²) in [5.41, 5.74) is 10.4. The van der Waals surface area contributed by atoms with Crippen molar-refractivity contribution in [3.05, 3.63) is 59.7 Å². The van der Waals surface area contributed by atoms with Crippen LogP contribution in [0.3, 0.4) is 0 Å². The van der Waals surface area contributed by atoms with Gasteiger partial charge in [0.25, 0.3) is 0 Å². The highest BCUT2D eigenvalue weighted by Crippen LogP contribution is 2.44. The van der Waals surface area contributed by atoms with Gasteiger partial charge in [0.05, 0.1) is 0 Å². The lowest BCUT2D eigenvalue weighted by molar-refractivity contribution is 0.143. The van der Waals surface area contributed by atoms with E-state index >= 15 is 0 Å². The summed E-state index contributed by atoms with van der Waals surface area (Å²) >= 11 is 0. The van der Waals surface area contributed by atoms with Gasteiger partial charge in [-0.25, -0.2) is 4.79 Å². The molecular weight excluding hydrogens is 376 g/mol. The van der Waals surface area contributed by atoms with Crippen LogP contribution in [0.4, 0.5) is 4.79 Å². The summed E-state index contributed by atoms with van der Waals surface area (Å²) in [6.45, 7) is 5.63. The van der Waals surface area contributed by atoms with E-state index in [1.54, 1.807) is 21.6 Å². The van der Waals surface area contributed by atoms with Crippen molar-refractivity contribution >= 4 is 27.7 Å². The molecule has 0 fully saturated rings. The Morgan fingerprint density at radius 3 is 2.15 bits per heavy atom. The van der Waals surface area contributed by atoms with Gasteiger partial charge in [-0.3, -0.25) is 0 Å². The Kier molecular flexibility index (Phi) is 9.59. The fraction of sp³-hybridized carbons (Fsp3) is 0.381. The molecule has 6 heteroatoms. The Morgan fingerprint density at radius 1 is 1.00 bits per heavy atom. The number of hydrogen-bond donors (Lipinski definition) is 2. The zero-order valence-corrected chi connectivity index (χ0v) is 17.6. The van der Waals surface area contributed by atoms with Gasteiger partial charge in [0, 0.05) is 30.5 Å². The maximum Gasteiger partial charge on any atom is 0.407 e. The van der Waals surface area contributed by atoms with Gasteiger partial charge < -0.3 is 15.8 Å². The molecule has 27 heavy (non-hydrogen) atoms. The predicted octanol–water partition coefficient (Wildman–Crippen LogP) is 4.89. The van der Waals surface area contributed by atoms with Gasteiger partial charge in [-0.05, 0) is 22.3 Å². The lowest BCUT2D eigenvalue weighted by Crippen LogP contribution is -2.27. The van der Waals surface area contributed by atoms with Crippen LogP contribution in [0.1, 0.15) is 30.9 Å². The SMILES string of the molecule is CC.NCCSSCCNC(=O)OCC1c2ccccc2-c2ccccc21. The second-order valence-electron chi connectivity index (χ2n) is 5.68. The van der Waals surface area contributed by atoms with E-state index in [1.165, 1.54) is 22.3 Å². The molecule has 1 amide bonds. The number of alkyl carbamates (subject to hydrolysis) is 1. The van der Waals surface area contributed by atoms with Crippen molar-refractivity contribution in [2.45, 2.75) is 19.8 Å². The van der Waals surface area contributed by atoms with Crippen molar-refractivity contribution in [2.24, 2.45) is 5.73 Å². The van der Waals surface area contributed by atoms with Gasteiger partial charge in [0.15, 0.2) is 0 Å². The molecular formula is C21H28N2O2S2. The molecule has 2 aromatic carbocycles. The molecule has 0 bridgehead atoms. The molecule has 1 aliphatic rings. The van der Waals surface area contributed by atoms with Gasteiger partial charge in [0.2, 0.25) is 0 Å². The van der Waals surface area contributed by atoms with Gasteiger partial charge in [0.1, 0.15) is 6.61 Å². The number of nitrogens with two attached hydrogens (primary N) is 1. The third-order valence-electron chi connectivity index (χ3n) is 4.08. The first kappa shape index (κ1) is 21.7. The Morgan fingerprint density at radius 2 is 1.56 bits per heavy atom. The lowest BCUT2D eigenvalue weighted by atomic mass is 9.98. The number of amides is 1. The van der Waals surface area contributed by atoms with Crippen molar-refractivity contribution in [2.75, 3.05) is 31.2 Å². The second kappa shape index (κ2) is 12.0. The van der Waals surface area contributed by atoms with Gasteiger partial charge >= 0.3 is 6.09 Å². The van der Waals surface area contributed by atoms with E-state index in [4.69, 9.17) is 10.5 Å². The van der Waals surface area contributed by atoms with Crippen LogP contribution in [0.5, 0.6) is 0 Å². The van der Waals surface area contributed by atoms with Crippen molar-refractivity contribution in [1.29, 1.82) is 0 Å². The molecule has 0 atom stereocenters. The van der Waals surface area contributed by atoms with E-state index in [0.717, 1.165) is 11.5 Å². The van der Waals surface area contributed by atoms with Crippen LogP contribution in [0.15, 0.2) is 48.5 Å². The molecule has 3 N–H and O–H groups in total. The topological polar surface area (TPSA) is 64.3 Å². The van der Waals surface area contributed by atoms with E-state index in [9.17, 15) is 4.79 Å². The maximum atomic E-state index is 11.9. The largest absolute Gasteiger partial charge is 0.449 e. The lowest BCUT2D eigenvalue weighted by Gasteiger charge is -2.14. The molecule has 1 aliphatic carbocycles. The number of carbonyl (C=O) groups excluding carboxylic acids is 1. The number of nitrogens with one attached hydrogen (secondary N) is 1. The highest BCUT2D eigenvalue weighted by molar-refractivity contribution is 8.76. The minimum atomic E-state index is -0.355. The molecule has 0 spiro atoms. The van der Waals surface area contributed by atoms with Crippen LogP contribution < -0.4 is 11.1 Å². The Bertz CT molecular complexity index is 679. The summed E-state index contributed by atoms with van der Waals surface area (Å²) in [6, 6.07) is 16.7. The highest BCUT2D eigenvalue weighted by Gasteiger charge is 2.28. The Hall–Kier alpha value is -1.63. The molecule has 0 aromatic heterocycles. The third-order valence-corrected chi connectivity index (χ3v) is 6.52. The predicted molar refractivity (Wildman–Crippen MR) is 118 cm³/mol. The van der Waals surface area contributed by atoms with Crippen LogP contribution in [0, 0.1) is 0 Å². The van der Waals surface area contributed by atoms with Crippen molar-refractivity contribution in [3.63, 3.8) is 0 Å². The van der Waals surface area contributed by atoms with Crippen LogP contribution in [-0.2, 0) is 4.74 Å². The molecule has 0 heterocycles. The number of ether oxygens (including phenoxy) is 1. The Labute approximate surface area is 170 Å². The normalized spacial score (nSPS) is 11.8. The first-order valence-electron chi connectivity index (χ1n) is 9.34. The fourth-order valence-corrected chi connectivity index (χ4v) is 4.77. The van der Waals surface area contributed by atoms with E-state index in [0.29, 0.717) is 19.7 Å². The molecule has 2 aromatic rings. The van der Waals surface area contributed by atoms with Gasteiger partial charge in [-0.2, -0.15) is 0 Å². The van der Waals surface area contributed by atoms with Crippen LogP contribution >= 0.6 is 21.6 Å². The summed E-state index contributed by atoms with van der Waals surface area (Å²) in [6.07, 6.45) is -0.355. The van der Waals surface area contributed by atoms with E-state index in [1.807, 2.05) is 38.1 Å². The van der Waals surface area contributed by atoms with Gasteiger partial charge in [-0.15, -0.1) is 0 Å². The number of benzene rings is 2. The smallest absolute Gasteiger partial charge is 0.407 e. The first-order chi connectivity index (χ1) is 13.3. The number of fused-ring (bicyclic) bond motifs is 3. The molecule has 146 valence electrons.